The van der Waals surface area contributed by atoms with Crippen molar-refractivity contribution in [1.29, 1.82) is 0 Å². The zero-order chi connectivity index (χ0) is 22.0. The van der Waals surface area contributed by atoms with E-state index in [-0.39, 0.29) is 22.7 Å². The molecule has 2 aromatic carbocycles. The molecule has 1 aromatic heterocycles. The number of hydrogen-bond acceptors (Lipinski definition) is 7. The summed E-state index contributed by atoms with van der Waals surface area (Å²) in [5.74, 6) is 0.231. The Kier molecular flexibility index (Phi) is 5.63. The van der Waals surface area contributed by atoms with Crippen LogP contribution in [-0.2, 0) is 6.54 Å². The maximum atomic E-state index is 12.3. The smallest absolute Gasteiger partial charge is 0.293 e. The molecule has 4 rings (SSSR count). The SMILES string of the molecule is CNC(=O)c1ccc(N2CCN(Cc3nc4ccccc4c(=O)[nH]3)CC2)c([N+](=O)[O-])c1. The normalized spacial score (nSPS) is 14.5. The Bertz CT molecular complexity index is 1200. The number of aromatic nitrogens is 2. The van der Waals surface area contributed by atoms with Crippen molar-refractivity contribution in [3.05, 3.63) is 74.3 Å². The number of benzene rings is 2. The molecule has 10 heteroatoms. The Balaban J connectivity index is 1.47. The number of rotatable bonds is 5. The molecule has 1 amide bonds. The number of H-pyrrole nitrogens is 1. The van der Waals surface area contributed by atoms with Crippen LogP contribution in [0.3, 0.4) is 0 Å². The molecule has 10 nitrogen and oxygen atoms in total. The van der Waals surface area contributed by atoms with Gasteiger partial charge in [0.05, 0.1) is 22.4 Å². The fourth-order valence-electron chi connectivity index (χ4n) is 3.79. The van der Waals surface area contributed by atoms with E-state index in [1.54, 1.807) is 24.3 Å². The number of hydrogen-bond donors (Lipinski definition) is 2. The Morgan fingerprint density at radius 2 is 1.94 bits per heavy atom. The summed E-state index contributed by atoms with van der Waals surface area (Å²) in [5, 5.41) is 14.6. The molecule has 0 saturated carbocycles. The van der Waals surface area contributed by atoms with Gasteiger partial charge in [-0.1, -0.05) is 12.1 Å². The number of carbonyl (C=O) groups is 1. The lowest BCUT2D eigenvalue weighted by Gasteiger charge is -2.35. The highest BCUT2D eigenvalue weighted by Crippen LogP contribution is 2.30. The molecular formula is C21H22N6O4. The van der Waals surface area contributed by atoms with E-state index >= 15 is 0 Å². The largest absolute Gasteiger partial charge is 0.363 e. The third-order valence-electron chi connectivity index (χ3n) is 5.41. The van der Waals surface area contributed by atoms with Crippen LogP contribution in [0.1, 0.15) is 16.2 Å². The minimum Gasteiger partial charge on any atom is -0.363 e. The zero-order valence-corrected chi connectivity index (χ0v) is 17.0. The first kappa shape index (κ1) is 20.5. The number of nitrogens with one attached hydrogen (secondary N) is 2. The Morgan fingerprint density at radius 1 is 1.19 bits per heavy atom. The highest BCUT2D eigenvalue weighted by Gasteiger charge is 2.25. The van der Waals surface area contributed by atoms with Crippen molar-refractivity contribution in [2.45, 2.75) is 6.54 Å². The lowest BCUT2D eigenvalue weighted by Crippen LogP contribution is -2.46. The highest BCUT2D eigenvalue weighted by atomic mass is 16.6. The average molecular weight is 422 g/mol. The third kappa shape index (κ3) is 4.24. The van der Waals surface area contributed by atoms with Crippen LogP contribution >= 0.6 is 0 Å². The van der Waals surface area contributed by atoms with Gasteiger partial charge in [-0.05, 0) is 24.3 Å². The van der Waals surface area contributed by atoms with Crippen LogP contribution in [0.25, 0.3) is 10.9 Å². The summed E-state index contributed by atoms with van der Waals surface area (Å²) in [5.41, 5.74) is 1.16. The maximum absolute atomic E-state index is 12.3. The predicted octanol–water partition coefficient (Wildman–Crippen LogP) is 1.51. The number of fused-ring (bicyclic) bond motifs is 1. The molecule has 2 heterocycles. The van der Waals surface area contributed by atoms with Gasteiger partial charge >= 0.3 is 0 Å². The second-order valence-corrected chi connectivity index (χ2v) is 7.33. The van der Waals surface area contributed by atoms with Crippen LogP contribution in [0.5, 0.6) is 0 Å². The highest BCUT2D eigenvalue weighted by molar-refractivity contribution is 5.95. The van der Waals surface area contributed by atoms with E-state index in [1.165, 1.54) is 13.1 Å². The van der Waals surface area contributed by atoms with E-state index in [2.05, 4.69) is 20.2 Å². The molecule has 1 aliphatic rings. The molecule has 160 valence electrons. The second kappa shape index (κ2) is 8.52. The molecule has 0 atom stereocenters. The van der Waals surface area contributed by atoms with Gasteiger partial charge in [-0.2, -0.15) is 0 Å². The number of piperazine rings is 1. The zero-order valence-electron chi connectivity index (χ0n) is 17.0. The van der Waals surface area contributed by atoms with Crippen LogP contribution in [0.4, 0.5) is 11.4 Å². The number of nitro groups is 1. The third-order valence-corrected chi connectivity index (χ3v) is 5.41. The van der Waals surface area contributed by atoms with Gasteiger partial charge in [-0.15, -0.1) is 0 Å². The Morgan fingerprint density at radius 3 is 2.65 bits per heavy atom. The summed E-state index contributed by atoms with van der Waals surface area (Å²) in [6.45, 7) is 2.97. The van der Waals surface area contributed by atoms with E-state index < -0.39 is 4.92 Å². The minimum absolute atomic E-state index is 0.0879. The van der Waals surface area contributed by atoms with Crippen molar-refractivity contribution in [2.24, 2.45) is 0 Å². The first-order chi connectivity index (χ1) is 15.0. The fraction of sp³-hybridized carbons (Fsp3) is 0.286. The molecule has 0 bridgehead atoms. The van der Waals surface area contributed by atoms with E-state index in [0.717, 1.165) is 0 Å². The van der Waals surface area contributed by atoms with Gasteiger partial charge in [0, 0.05) is 44.9 Å². The number of nitrogens with zero attached hydrogens (tertiary/aromatic N) is 4. The van der Waals surface area contributed by atoms with Gasteiger partial charge < -0.3 is 15.2 Å². The Labute approximate surface area is 177 Å². The van der Waals surface area contributed by atoms with Crippen molar-refractivity contribution in [2.75, 3.05) is 38.1 Å². The molecule has 31 heavy (non-hydrogen) atoms. The number of anilines is 1. The van der Waals surface area contributed by atoms with E-state index in [4.69, 9.17) is 0 Å². The molecule has 1 saturated heterocycles. The number of carbonyl (C=O) groups excluding carboxylic acids is 1. The fourth-order valence-corrected chi connectivity index (χ4v) is 3.79. The topological polar surface area (TPSA) is 124 Å². The van der Waals surface area contributed by atoms with Crippen LogP contribution in [0.15, 0.2) is 47.3 Å². The van der Waals surface area contributed by atoms with Crippen molar-refractivity contribution >= 4 is 28.2 Å². The van der Waals surface area contributed by atoms with Crippen molar-refractivity contribution in [3.8, 4) is 0 Å². The number of nitro benzene ring substituents is 1. The van der Waals surface area contributed by atoms with E-state index in [1.807, 2.05) is 17.0 Å². The standard InChI is InChI=1S/C21H22N6O4/c1-22-20(28)14-6-7-17(18(12-14)27(30)31)26-10-8-25(9-11-26)13-19-23-16-5-3-2-4-15(16)21(29)24-19/h2-7,12H,8-11,13H2,1H3,(H,22,28)(H,23,24,29). The first-order valence-electron chi connectivity index (χ1n) is 9.92. The summed E-state index contributed by atoms with van der Waals surface area (Å²) in [6, 6.07) is 11.7. The van der Waals surface area contributed by atoms with E-state index in [0.29, 0.717) is 55.1 Å². The predicted molar refractivity (Wildman–Crippen MR) is 116 cm³/mol. The van der Waals surface area contributed by atoms with Gasteiger partial charge in [0.2, 0.25) is 0 Å². The second-order valence-electron chi connectivity index (χ2n) is 7.33. The van der Waals surface area contributed by atoms with Gasteiger partial charge in [0.1, 0.15) is 11.5 Å². The van der Waals surface area contributed by atoms with Gasteiger partial charge in [0.15, 0.2) is 0 Å². The van der Waals surface area contributed by atoms with Gasteiger partial charge in [0.25, 0.3) is 17.2 Å². The summed E-state index contributed by atoms with van der Waals surface area (Å²) < 4.78 is 0. The molecule has 0 spiro atoms. The molecular weight excluding hydrogens is 400 g/mol. The van der Waals surface area contributed by atoms with Gasteiger partial charge in [-0.3, -0.25) is 24.6 Å². The summed E-state index contributed by atoms with van der Waals surface area (Å²) in [6.07, 6.45) is 0. The van der Waals surface area contributed by atoms with Gasteiger partial charge in [-0.25, -0.2) is 4.98 Å². The Hall–Kier alpha value is -3.79. The minimum atomic E-state index is -0.460. The van der Waals surface area contributed by atoms with Crippen LogP contribution in [0.2, 0.25) is 0 Å². The first-order valence-corrected chi connectivity index (χ1v) is 9.92. The molecule has 0 radical (unpaired) electrons. The van der Waals surface area contributed by atoms with Crippen LogP contribution in [0, 0.1) is 10.1 Å². The quantitative estimate of drug-likeness (QED) is 0.472. The molecule has 3 aromatic rings. The summed E-state index contributed by atoms with van der Waals surface area (Å²) >= 11 is 0. The van der Waals surface area contributed by atoms with Crippen LogP contribution in [-0.4, -0.2) is 58.9 Å². The molecule has 1 aliphatic heterocycles. The van der Waals surface area contributed by atoms with Crippen LogP contribution < -0.4 is 15.8 Å². The molecule has 0 aliphatic carbocycles. The lowest BCUT2D eigenvalue weighted by molar-refractivity contribution is -0.384. The summed E-state index contributed by atoms with van der Waals surface area (Å²) in [7, 11) is 1.49. The van der Waals surface area contributed by atoms with Crippen molar-refractivity contribution < 1.29 is 9.72 Å². The monoisotopic (exact) mass is 422 g/mol. The van der Waals surface area contributed by atoms with E-state index in [9.17, 15) is 19.7 Å². The van der Waals surface area contributed by atoms with Crippen molar-refractivity contribution in [1.82, 2.24) is 20.2 Å². The lowest BCUT2D eigenvalue weighted by atomic mass is 10.1. The maximum Gasteiger partial charge on any atom is 0.293 e. The molecule has 2 N–H and O–H groups in total. The molecule has 1 fully saturated rings. The number of para-hydroxylation sites is 1. The number of amides is 1. The summed E-state index contributed by atoms with van der Waals surface area (Å²) in [4.78, 5) is 46.7. The van der Waals surface area contributed by atoms with Crippen molar-refractivity contribution in [3.63, 3.8) is 0 Å². The average Bonchev–Trinajstić information content (AvgIpc) is 2.78. The number of aromatic amines is 1. The molecule has 0 unspecified atom stereocenters.